The van der Waals surface area contributed by atoms with Crippen LogP contribution in [0.5, 0.6) is 0 Å². The standard InChI is InChI=1S/C13H11ClN2O4S/c14-12-7-10(15)3-6-13(12)21(19,20)8-9-1-4-11(5-2-9)16(17)18/h1-7H,8,15H2. The largest absolute Gasteiger partial charge is 0.399 e. The van der Waals surface area contributed by atoms with Crippen LogP contribution >= 0.6 is 11.6 Å². The second kappa shape index (κ2) is 5.71. The number of nitro groups is 1. The number of hydrogen-bond donors (Lipinski definition) is 1. The number of sulfone groups is 1. The van der Waals surface area contributed by atoms with Gasteiger partial charge in [0.15, 0.2) is 9.84 Å². The maximum absolute atomic E-state index is 12.3. The highest BCUT2D eigenvalue weighted by atomic mass is 35.5. The first kappa shape index (κ1) is 15.3. The van der Waals surface area contributed by atoms with Crippen molar-refractivity contribution >= 4 is 32.8 Å². The molecule has 2 aromatic carbocycles. The van der Waals surface area contributed by atoms with E-state index in [-0.39, 0.29) is 21.4 Å². The van der Waals surface area contributed by atoms with Gasteiger partial charge in [0.1, 0.15) is 0 Å². The Morgan fingerprint density at radius 1 is 1.14 bits per heavy atom. The van der Waals surface area contributed by atoms with E-state index in [4.69, 9.17) is 17.3 Å². The van der Waals surface area contributed by atoms with Crippen molar-refractivity contribution in [2.24, 2.45) is 0 Å². The number of halogens is 1. The number of non-ortho nitro benzene ring substituents is 1. The van der Waals surface area contributed by atoms with Gasteiger partial charge in [-0.3, -0.25) is 10.1 Å². The summed E-state index contributed by atoms with van der Waals surface area (Å²) in [6.07, 6.45) is 0. The Hall–Kier alpha value is -2.12. The molecule has 0 aliphatic carbocycles. The lowest BCUT2D eigenvalue weighted by atomic mass is 10.2. The molecule has 0 aliphatic rings. The van der Waals surface area contributed by atoms with Gasteiger partial charge < -0.3 is 5.73 Å². The molecule has 0 unspecified atom stereocenters. The van der Waals surface area contributed by atoms with Crippen molar-refractivity contribution in [3.63, 3.8) is 0 Å². The summed E-state index contributed by atoms with van der Waals surface area (Å²) in [5.41, 5.74) is 6.24. The Bertz CT molecular complexity index is 788. The Morgan fingerprint density at radius 2 is 1.76 bits per heavy atom. The average Bonchev–Trinajstić information content (AvgIpc) is 2.38. The average molecular weight is 327 g/mol. The van der Waals surface area contributed by atoms with Gasteiger partial charge in [-0.2, -0.15) is 0 Å². The first-order valence-electron chi connectivity index (χ1n) is 5.81. The monoisotopic (exact) mass is 326 g/mol. The van der Waals surface area contributed by atoms with Gasteiger partial charge in [-0.25, -0.2) is 8.42 Å². The second-order valence-electron chi connectivity index (χ2n) is 4.37. The van der Waals surface area contributed by atoms with E-state index >= 15 is 0 Å². The molecule has 8 heteroatoms. The molecule has 0 aliphatic heterocycles. The predicted octanol–water partition coefficient (Wildman–Crippen LogP) is 2.80. The summed E-state index contributed by atoms with van der Waals surface area (Å²) in [5.74, 6) is -0.297. The third-order valence-electron chi connectivity index (χ3n) is 2.79. The van der Waals surface area contributed by atoms with Crippen molar-refractivity contribution in [1.29, 1.82) is 0 Å². The molecule has 0 bridgehead atoms. The van der Waals surface area contributed by atoms with Crippen LogP contribution in [0.4, 0.5) is 11.4 Å². The molecule has 0 fully saturated rings. The molecular formula is C13H11ClN2O4S. The molecule has 0 saturated heterocycles. The van der Waals surface area contributed by atoms with Crippen molar-refractivity contribution in [3.8, 4) is 0 Å². The Kier molecular flexibility index (Phi) is 4.15. The lowest BCUT2D eigenvalue weighted by Crippen LogP contribution is -2.06. The van der Waals surface area contributed by atoms with Crippen LogP contribution in [0.15, 0.2) is 47.4 Å². The zero-order chi connectivity index (χ0) is 15.6. The lowest BCUT2D eigenvalue weighted by Gasteiger charge is -2.07. The van der Waals surface area contributed by atoms with Crippen LogP contribution in [0.2, 0.25) is 5.02 Å². The fraction of sp³-hybridized carbons (Fsp3) is 0.0769. The van der Waals surface area contributed by atoms with E-state index in [2.05, 4.69) is 0 Å². The number of nitrogens with two attached hydrogens (primary N) is 1. The summed E-state index contributed by atoms with van der Waals surface area (Å²) in [5, 5.41) is 10.6. The predicted molar refractivity (Wildman–Crippen MR) is 79.9 cm³/mol. The topological polar surface area (TPSA) is 103 Å². The summed E-state index contributed by atoms with van der Waals surface area (Å²) < 4.78 is 24.6. The molecule has 2 N–H and O–H groups in total. The summed E-state index contributed by atoms with van der Waals surface area (Å²) in [4.78, 5) is 9.99. The highest BCUT2D eigenvalue weighted by Crippen LogP contribution is 2.27. The molecule has 0 amide bonds. The minimum atomic E-state index is -3.65. The van der Waals surface area contributed by atoms with E-state index in [0.717, 1.165) is 0 Å². The minimum absolute atomic E-state index is 0.0169. The zero-order valence-corrected chi connectivity index (χ0v) is 12.3. The smallest absolute Gasteiger partial charge is 0.269 e. The summed E-state index contributed by atoms with van der Waals surface area (Å²) in [6, 6.07) is 9.49. The number of nitro benzene ring substituents is 1. The van der Waals surface area contributed by atoms with Gasteiger partial charge in [0.25, 0.3) is 5.69 Å². The van der Waals surface area contributed by atoms with Crippen LogP contribution in [0.1, 0.15) is 5.56 Å². The van der Waals surface area contributed by atoms with E-state index in [9.17, 15) is 18.5 Å². The third kappa shape index (κ3) is 3.50. The number of benzene rings is 2. The number of anilines is 1. The van der Waals surface area contributed by atoms with Gasteiger partial charge in [0.05, 0.1) is 20.6 Å². The summed E-state index contributed by atoms with van der Waals surface area (Å²) in [6.45, 7) is 0. The molecule has 0 aromatic heterocycles. The third-order valence-corrected chi connectivity index (χ3v) is 4.96. The quantitative estimate of drug-likeness (QED) is 0.528. The van der Waals surface area contributed by atoms with Crippen LogP contribution in [0.3, 0.4) is 0 Å². The van der Waals surface area contributed by atoms with E-state index in [1.54, 1.807) is 0 Å². The Morgan fingerprint density at radius 3 is 2.29 bits per heavy atom. The molecule has 0 atom stereocenters. The van der Waals surface area contributed by atoms with Crippen molar-refractivity contribution in [3.05, 3.63) is 63.2 Å². The Balaban J connectivity index is 2.30. The number of nitrogens with zero attached hydrogens (tertiary/aromatic N) is 1. The zero-order valence-electron chi connectivity index (χ0n) is 10.7. The van der Waals surface area contributed by atoms with Gasteiger partial charge in [-0.15, -0.1) is 0 Å². The van der Waals surface area contributed by atoms with Gasteiger partial charge >= 0.3 is 0 Å². The van der Waals surface area contributed by atoms with E-state index in [0.29, 0.717) is 11.3 Å². The molecule has 2 rings (SSSR count). The fourth-order valence-corrected chi connectivity index (χ4v) is 3.74. The van der Waals surface area contributed by atoms with Gasteiger partial charge in [-0.05, 0) is 23.8 Å². The SMILES string of the molecule is Nc1ccc(S(=O)(=O)Cc2ccc([N+](=O)[O-])cc2)c(Cl)c1. The van der Waals surface area contributed by atoms with Crippen LogP contribution in [-0.4, -0.2) is 13.3 Å². The number of rotatable bonds is 4. The molecule has 0 spiro atoms. The maximum Gasteiger partial charge on any atom is 0.269 e. The van der Waals surface area contributed by atoms with Crippen LogP contribution in [0, 0.1) is 10.1 Å². The fourth-order valence-electron chi connectivity index (χ4n) is 1.78. The second-order valence-corrected chi connectivity index (χ2v) is 6.74. The van der Waals surface area contributed by atoms with Crippen molar-refractivity contribution in [2.45, 2.75) is 10.6 Å². The summed E-state index contributed by atoms with van der Waals surface area (Å²) in [7, 11) is -3.65. The molecule has 0 saturated carbocycles. The van der Waals surface area contributed by atoms with Crippen LogP contribution in [0.25, 0.3) is 0 Å². The first-order valence-corrected chi connectivity index (χ1v) is 7.84. The molecule has 110 valence electrons. The highest BCUT2D eigenvalue weighted by Gasteiger charge is 2.19. The highest BCUT2D eigenvalue weighted by molar-refractivity contribution is 7.90. The molecule has 0 heterocycles. The lowest BCUT2D eigenvalue weighted by molar-refractivity contribution is -0.384. The molecular weight excluding hydrogens is 316 g/mol. The normalized spacial score (nSPS) is 11.3. The molecule has 2 aromatic rings. The number of hydrogen-bond acceptors (Lipinski definition) is 5. The number of nitrogen functional groups attached to an aromatic ring is 1. The van der Waals surface area contributed by atoms with Crippen molar-refractivity contribution in [1.82, 2.24) is 0 Å². The maximum atomic E-state index is 12.3. The van der Waals surface area contributed by atoms with Crippen LogP contribution in [-0.2, 0) is 15.6 Å². The first-order chi connectivity index (χ1) is 9.79. The van der Waals surface area contributed by atoms with Crippen molar-refractivity contribution in [2.75, 3.05) is 5.73 Å². The molecule has 21 heavy (non-hydrogen) atoms. The van der Waals surface area contributed by atoms with Crippen LogP contribution < -0.4 is 5.73 Å². The van der Waals surface area contributed by atoms with Gasteiger partial charge in [-0.1, -0.05) is 23.7 Å². The minimum Gasteiger partial charge on any atom is -0.399 e. The Labute approximate surface area is 126 Å². The van der Waals surface area contributed by atoms with Gasteiger partial charge in [0, 0.05) is 17.8 Å². The van der Waals surface area contributed by atoms with E-state index in [1.165, 1.54) is 42.5 Å². The summed E-state index contributed by atoms with van der Waals surface area (Å²) >= 11 is 5.90. The van der Waals surface area contributed by atoms with E-state index in [1.807, 2.05) is 0 Å². The molecule has 0 radical (unpaired) electrons. The van der Waals surface area contributed by atoms with E-state index < -0.39 is 14.8 Å². The van der Waals surface area contributed by atoms with Gasteiger partial charge in [0.2, 0.25) is 0 Å². The molecule has 6 nitrogen and oxygen atoms in total. The van der Waals surface area contributed by atoms with Crippen molar-refractivity contribution < 1.29 is 13.3 Å².